The Balaban J connectivity index is 1.71. The second-order valence-corrected chi connectivity index (χ2v) is 6.33. The summed E-state index contributed by atoms with van der Waals surface area (Å²) in [6.07, 6.45) is 5.11. The van der Waals surface area contributed by atoms with Crippen molar-refractivity contribution in [3.63, 3.8) is 0 Å². The number of aromatic nitrogens is 5. The molecule has 6 nitrogen and oxygen atoms in total. The highest BCUT2D eigenvalue weighted by Crippen LogP contribution is 2.29. The molecule has 1 aromatic carbocycles. The van der Waals surface area contributed by atoms with E-state index in [1.54, 1.807) is 18.5 Å². The third kappa shape index (κ3) is 2.52. The van der Waals surface area contributed by atoms with Gasteiger partial charge in [-0.3, -0.25) is 0 Å². The van der Waals surface area contributed by atoms with Crippen molar-refractivity contribution in [3.8, 4) is 11.3 Å². The molecule has 0 saturated carbocycles. The number of fused-ring (bicyclic) bond motifs is 2. The maximum Gasteiger partial charge on any atom is 0.165 e. The van der Waals surface area contributed by atoms with Gasteiger partial charge in [-0.15, -0.1) is 0 Å². The van der Waals surface area contributed by atoms with Gasteiger partial charge in [0, 0.05) is 17.3 Å². The zero-order valence-electron chi connectivity index (χ0n) is 14.2. The maximum absolute atomic E-state index is 13.9. The molecule has 4 aromatic heterocycles. The molecule has 0 unspecified atom stereocenters. The van der Waals surface area contributed by atoms with Gasteiger partial charge in [0.1, 0.15) is 17.7 Å². The molecule has 5 aromatic rings. The Hall–Kier alpha value is -3.74. The Labute approximate surface area is 153 Å². The molecule has 0 aliphatic rings. The van der Waals surface area contributed by atoms with Crippen LogP contribution in [0.2, 0.25) is 0 Å². The molecular weight excluding hydrogens is 343 g/mol. The number of pyridine rings is 1. The van der Waals surface area contributed by atoms with Gasteiger partial charge in [0.2, 0.25) is 0 Å². The predicted octanol–water partition coefficient (Wildman–Crippen LogP) is 3.52. The van der Waals surface area contributed by atoms with Crippen molar-refractivity contribution >= 4 is 22.5 Å². The number of imidazole rings is 1. The lowest BCUT2D eigenvalue weighted by molar-refractivity contribution is 0.628. The zero-order chi connectivity index (χ0) is 18.4. The van der Waals surface area contributed by atoms with E-state index in [1.165, 1.54) is 12.4 Å². The van der Waals surface area contributed by atoms with E-state index in [-0.39, 0.29) is 5.82 Å². The van der Waals surface area contributed by atoms with Crippen LogP contribution in [0.4, 0.5) is 10.2 Å². The highest BCUT2D eigenvalue weighted by Gasteiger charge is 2.15. The van der Waals surface area contributed by atoms with Crippen molar-refractivity contribution in [2.24, 2.45) is 0 Å². The first-order chi connectivity index (χ1) is 13.2. The summed E-state index contributed by atoms with van der Waals surface area (Å²) in [5.74, 6) is 0.0871. The summed E-state index contributed by atoms with van der Waals surface area (Å²) in [4.78, 5) is 12.6. The summed E-state index contributed by atoms with van der Waals surface area (Å²) >= 11 is 0. The minimum Gasteiger partial charge on any atom is -0.382 e. The van der Waals surface area contributed by atoms with Gasteiger partial charge in [-0.2, -0.15) is 0 Å². The van der Waals surface area contributed by atoms with Crippen LogP contribution in [0.25, 0.3) is 27.9 Å². The van der Waals surface area contributed by atoms with Gasteiger partial charge < -0.3 is 14.7 Å². The average Bonchev–Trinajstić information content (AvgIpc) is 3.24. The fourth-order valence-electron chi connectivity index (χ4n) is 3.46. The molecule has 2 N–H and O–H groups in total. The van der Waals surface area contributed by atoms with E-state index < -0.39 is 0 Å². The standard InChI is InChI=1S/C20H15FN6/c21-15-5-3-4-13(8-15)18-14(9-16-6-1-2-7-27(16)18)10-26-12-25-17-19(22)23-11-24-20(17)26/h1-9,11-12H,10H2,(H2,22,23,24). The SMILES string of the molecule is Nc1ncnc2c1ncn2Cc1cc2ccccn2c1-c1cccc(F)c1. The lowest BCUT2D eigenvalue weighted by atomic mass is 10.1. The predicted molar refractivity (Wildman–Crippen MR) is 102 cm³/mol. The summed E-state index contributed by atoms with van der Waals surface area (Å²) in [5.41, 5.74) is 11.0. The lowest BCUT2D eigenvalue weighted by Gasteiger charge is -2.09. The molecule has 132 valence electrons. The molecule has 0 atom stereocenters. The van der Waals surface area contributed by atoms with E-state index in [0.717, 1.165) is 22.3 Å². The lowest BCUT2D eigenvalue weighted by Crippen LogP contribution is -2.02. The first-order valence-electron chi connectivity index (χ1n) is 8.47. The van der Waals surface area contributed by atoms with Crippen LogP contribution in [-0.4, -0.2) is 23.9 Å². The van der Waals surface area contributed by atoms with Crippen LogP contribution in [0.1, 0.15) is 5.56 Å². The van der Waals surface area contributed by atoms with Gasteiger partial charge in [0.15, 0.2) is 11.5 Å². The number of benzene rings is 1. The molecule has 5 rings (SSSR count). The number of nitrogens with zero attached hydrogens (tertiary/aromatic N) is 5. The van der Waals surface area contributed by atoms with Crippen LogP contribution in [0.5, 0.6) is 0 Å². The largest absolute Gasteiger partial charge is 0.382 e. The number of hydrogen-bond donors (Lipinski definition) is 1. The smallest absolute Gasteiger partial charge is 0.165 e. The van der Waals surface area contributed by atoms with Crippen LogP contribution in [-0.2, 0) is 6.54 Å². The Morgan fingerprint density at radius 2 is 1.93 bits per heavy atom. The van der Waals surface area contributed by atoms with Crippen molar-refractivity contribution in [1.82, 2.24) is 23.9 Å². The van der Waals surface area contributed by atoms with Crippen LogP contribution < -0.4 is 5.73 Å². The number of hydrogen-bond acceptors (Lipinski definition) is 4. The second-order valence-electron chi connectivity index (χ2n) is 6.33. The summed E-state index contributed by atoms with van der Waals surface area (Å²) in [6, 6.07) is 14.7. The molecule has 0 aliphatic carbocycles. The van der Waals surface area contributed by atoms with Crippen molar-refractivity contribution < 1.29 is 4.39 Å². The highest BCUT2D eigenvalue weighted by atomic mass is 19.1. The van der Waals surface area contributed by atoms with E-state index in [1.807, 2.05) is 35.0 Å². The molecule has 7 heteroatoms. The Morgan fingerprint density at radius 3 is 2.81 bits per heavy atom. The fraction of sp³-hybridized carbons (Fsp3) is 0.0500. The monoisotopic (exact) mass is 358 g/mol. The summed E-state index contributed by atoms with van der Waals surface area (Å²) in [7, 11) is 0. The van der Waals surface area contributed by atoms with Gasteiger partial charge >= 0.3 is 0 Å². The average molecular weight is 358 g/mol. The first kappa shape index (κ1) is 15.5. The van der Waals surface area contributed by atoms with Gasteiger partial charge in [-0.05, 0) is 35.9 Å². The van der Waals surface area contributed by atoms with Crippen LogP contribution >= 0.6 is 0 Å². The topological polar surface area (TPSA) is 74.0 Å². The molecule has 4 heterocycles. The normalized spacial score (nSPS) is 11.4. The van der Waals surface area contributed by atoms with E-state index in [0.29, 0.717) is 23.5 Å². The van der Waals surface area contributed by atoms with Crippen LogP contribution in [0, 0.1) is 5.82 Å². The Morgan fingerprint density at radius 1 is 1.00 bits per heavy atom. The molecule has 0 spiro atoms. The summed E-state index contributed by atoms with van der Waals surface area (Å²) in [6.45, 7) is 0.528. The number of anilines is 1. The van der Waals surface area contributed by atoms with Crippen molar-refractivity contribution in [2.75, 3.05) is 5.73 Å². The summed E-state index contributed by atoms with van der Waals surface area (Å²) in [5, 5.41) is 0. The maximum atomic E-state index is 13.9. The number of nitrogen functional groups attached to an aromatic ring is 1. The fourth-order valence-corrected chi connectivity index (χ4v) is 3.46. The first-order valence-corrected chi connectivity index (χ1v) is 8.47. The van der Waals surface area contributed by atoms with E-state index in [2.05, 4.69) is 25.4 Å². The van der Waals surface area contributed by atoms with E-state index >= 15 is 0 Å². The molecule has 0 bridgehead atoms. The molecule has 0 amide bonds. The van der Waals surface area contributed by atoms with Crippen molar-refractivity contribution in [2.45, 2.75) is 6.54 Å². The molecule has 27 heavy (non-hydrogen) atoms. The minimum atomic E-state index is -0.266. The molecule has 0 radical (unpaired) electrons. The Bertz CT molecular complexity index is 1290. The van der Waals surface area contributed by atoms with E-state index in [9.17, 15) is 4.39 Å². The number of halogens is 1. The van der Waals surface area contributed by atoms with Gasteiger partial charge in [0.25, 0.3) is 0 Å². The highest BCUT2D eigenvalue weighted by molar-refractivity contribution is 5.81. The number of rotatable bonds is 3. The van der Waals surface area contributed by atoms with Crippen LogP contribution in [0.15, 0.2) is 67.4 Å². The molecule has 0 fully saturated rings. The molecular formula is C20H15FN6. The Kier molecular flexibility index (Phi) is 3.39. The van der Waals surface area contributed by atoms with Crippen molar-refractivity contribution in [3.05, 3.63) is 78.8 Å². The quantitative estimate of drug-likeness (QED) is 0.536. The molecule has 0 saturated heterocycles. The van der Waals surface area contributed by atoms with Crippen LogP contribution in [0.3, 0.4) is 0 Å². The van der Waals surface area contributed by atoms with Crippen molar-refractivity contribution in [1.29, 1.82) is 0 Å². The third-order valence-corrected chi connectivity index (χ3v) is 4.63. The van der Waals surface area contributed by atoms with Gasteiger partial charge in [-0.1, -0.05) is 18.2 Å². The molecule has 0 aliphatic heterocycles. The number of nitrogens with two attached hydrogens (primary N) is 1. The minimum absolute atomic E-state index is 0.266. The third-order valence-electron chi connectivity index (χ3n) is 4.63. The van der Waals surface area contributed by atoms with E-state index in [4.69, 9.17) is 5.73 Å². The van der Waals surface area contributed by atoms with Gasteiger partial charge in [-0.25, -0.2) is 19.3 Å². The summed E-state index contributed by atoms with van der Waals surface area (Å²) < 4.78 is 17.8. The van der Waals surface area contributed by atoms with Gasteiger partial charge in [0.05, 0.1) is 18.6 Å². The zero-order valence-corrected chi connectivity index (χ0v) is 14.2. The second kappa shape index (κ2) is 5.91.